The van der Waals surface area contributed by atoms with Crippen LogP contribution in [-0.4, -0.2) is 108 Å². The minimum atomic E-state index is -0.954. The molecule has 7 aromatic rings. The fraction of sp³-hybridized carbons (Fsp3) is 0.250. The Kier molecular flexibility index (Phi) is 16.2. The molecule has 18 N–H and O–H groups in total. The summed E-state index contributed by atoms with van der Waals surface area (Å²) in [6.45, 7) is 0.320. The highest BCUT2D eigenvalue weighted by Crippen LogP contribution is 2.49. The minimum absolute atomic E-state index is 0.0358. The van der Waals surface area contributed by atoms with Crippen molar-refractivity contribution in [3.8, 4) is 35.3 Å². The minimum Gasteiger partial charge on any atom is -0.494 e. The smallest absolute Gasteiger partial charge is 0.255 e. The molecule has 3 aromatic heterocycles. The molecule has 12 rings (SSSR count). The van der Waals surface area contributed by atoms with Crippen LogP contribution in [0.15, 0.2) is 82.1 Å². The van der Waals surface area contributed by atoms with Gasteiger partial charge < -0.3 is 46.4 Å². The Balaban J connectivity index is 0.000000136. The third kappa shape index (κ3) is 10.5. The van der Waals surface area contributed by atoms with Crippen LogP contribution in [0.1, 0.15) is 85.4 Å². The summed E-state index contributed by atoms with van der Waals surface area (Å²) in [4.78, 5) is 117. The molecule has 33 heteroatoms. The Labute approximate surface area is 475 Å². The molecule has 0 saturated carbocycles. The Hall–Kier alpha value is -11.4. The van der Waals surface area contributed by atoms with Crippen LogP contribution in [-0.2, 0) is 44.9 Å². The van der Waals surface area contributed by atoms with Gasteiger partial charge in [-0.3, -0.25) is 89.8 Å². The summed E-state index contributed by atoms with van der Waals surface area (Å²) in [5, 5.41) is 81.2. The van der Waals surface area contributed by atoms with Crippen LogP contribution in [0.2, 0.25) is 0 Å². The highest BCUT2D eigenvalue weighted by atomic mass is 16.3. The zero-order valence-electron chi connectivity index (χ0n) is 44.1. The van der Waals surface area contributed by atoms with Crippen LogP contribution in [0.3, 0.4) is 0 Å². The molecule has 85 heavy (non-hydrogen) atoms. The molecule has 8 heterocycles. The molecule has 0 spiro atoms. The van der Waals surface area contributed by atoms with Crippen molar-refractivity contribution < 1.29 is 73.8 Å². The number of anilines is 2. The van der Waals surface area contributed by atoms with Gasteiger partial charge in [-0.15, -0.1) is 4.91 Å². The number of nitroso groups, excluding NO2 is 1. The zero-order valence-corrected chi connectivity index (χ0v) is 44.1. The summed E-state index contributed by atoms with van der Waals surface area (Å²) < 4.78 is 3.10. The van der Waals surface area contributed by atoms with Crippen molar-refractivity contribution in [3.63, 3.8) is 0 Å². The average Bonchev–Trinajstić information content (AvgIpc) is 1.96. The molecule has 4 unspecified atom stereocenters. The van der Waals surface area contributed by atoms with E-state index in [1.54, 1.807) is 30.3 Å². The first kappa shape index (κ1) is 58.3. The monoisotopic (exact) mass is 1170 g/mol. The van der Waals surface area contributed by atoms with Gasteiger partial charge in [-0.2, -0.15) is 10.2 Å². The lowest BCUT2D eigenvalue weighted by molar-refractivity contribution is -0.138. The number of hydrazine groups is 2. The second-order valence-corrected chi connectivity index (χ2v) is 19.6. The molecule has 0 aliphatic carbocycles. The number of aromatic nitrogens is 3. The van der Waals surface area contributed by atoms with E-state index in [0.717, 1.165) is 19.3 Å². The van der Waals surface area contributed by atoms with Gasteiger partial charge >= 0.3 is 0 Å². The topological polar surface area (TPSA) is 519 Å². The van der Waals surface area contributed by atoms with E-state index < -0.39 is 77.3 Å². The first-order chi connectivity index (χ1) is 40.7. The van der Waals surface area contributed by atoms with Crippen molar-refractivity contribution in [3.05, 3.63) is 82.8 Å². The van der Waals surface area contributed by atoms with E-state index in [2.05, 4.69) is 47.5 Å². The van der Waals surface area contributed by atoms with E-state index in [1.807, 2.05) is 0 Å². The largest absolute Gasteiger partial charge is 0.494 e. The van der Waals surface area contributed by atoms with Crippen LogP contribution >= 0.6 is 0 Å². The van der Waals surface area contributed by atoms with E-state index in [1.165, 1.54) is 41.3 Å². The normalized spacial score (nSPS) is 19.3. The molecular formula is C52H51N17O16. The van der Waals surface area contributed by atoms with Crippen LogP contribution in [0, 0.1) is 16.0 Å². The molecule has 5 aliphatic heterocycles. The SMILES string of the molecule is N=Nc1ccc(NN)c2c(O)n(C3CCC(=O)NC3=O)c(O)c12.N=Nc1cccc2c(O)n(C3CCC(=O)NC3=O)c(O)c12.NNc1cccc2c1CN(C1CCC(=O)NC1=O)C2=O.O=Nc1cccc2c(O)n(C3CCC(=O)NC3=O)c(O)c12. The molecular weight excluding hydrogens is 1120 g/mol. The number of nitrogens with zero attached hydrogens (tertiary/aromatic N) is 7. The van der Waals surface area contributed by atoms with Crippen molar-refractivity contribution in [2.75, 3.05) is 10.9 Å². The molecule has 440 valence electrons. The first-order valence-corrected chi connectivity index (χ1v) is 25.7. The van der Waals surface area contributed by atoms with Crippen LogP contribution in [0.4, 0.5) is 28.4 Å². The standard InChI is InChI=1S/C13H14N6O4.C13H12N4O4.C13H14N4O3.C13H11N3O5/c14-17-5-1-2-6(18-15)10-9(5)12(22)19(13(10)23)7-3-4-8(20)16-11(7)21;14-16-7-3-1-2-6-10(7)13(21)17(12(6)20)8-4-5-9(18)15-11(8)19;14-16-9-3-1-2-7-8(9)6-17(13(7)20)10-4-5-11(18)15-12(10)19;17-9-5-4-8(11(18)14-9)16-12(19)6-2-1-3-7(15-21)10(6)13(16)20/h1-2,7,14,18,22-23H,3-4,15H2,(H,16,20,21);1-3,8,14,20-21H,4-5H2,(H,15,18,19);1-3,10,16H,4-6,14H2,(H,15,18,19);1-3,8,19-20H,4-5H2,(H,14,17,18). The third-order valence-corrected chi connectivity index (χ3v) is 14.8. The number of hydrogen-bond acceptors (Lipinski definition) is 25. The van der Waals surface area contributed by atoms with Crippen molar-refractivity contribution in [2.45, 2.75) is 82.1 Å². The van der Waals surface area contributed by atoms with Gasteiger partial charge in [0.2, 0.25) is 82.5 Å². The number of imide groups is 4. The number of hydrogen-bond donors (Lipinski definition) is 16. The Morgan fingerprint density at radius 1 is 0.459 bits per heavy atom. The van der Waals surface area contributed by atoms with Gasteiger partial charge in [0.15, 0.2) is 0 Å². The molecule has 9 amide bonds. The summed E-state index contributed by atoms with van der Waals surface area (Å²) in [6.07, 6.45) is 1.38. The van der Waals surface area contributed by atoms with Crippen LogP contribution in [0.5, 0.6) is 35.3 Å². The third-order valence-electron chi connectivity index (χ3n) is 14.8. The average molecular weight is 1170 g/mol. The van der Waals surface area contributed by atoms with Gasteiger partial charge in [-0.1, -0.05) is 18.2 Å². The molecule has 33 nitrogen and oxygen atoms in total. The van der Waals surface area contributed by atoms with E-state index in [0.29, 0.717) is 35.3 Å². The summed E-state index contributed by atoms with van der Waals surface area (Å²) in [7, 11) is 0. The maximum atomic E-state index is 12.4. The second kappa shape index (κ2) is 23.6. The highest BCUT2D eigenvalue weighted by Gasteiger charge is 2.41. The highest BCUT2D eigenvalue weighted by molar-refractivity contribution is 6.10. The lowest BCUT2D eigenvalue weighted by Crippen LogP contribution is -2.52. The van der Waals surface area contributed by atoms with Gasteiger partial charge in [0.05, 0.1) is 44.3 Å². The maximum absolute atomic E-state index is 12.4. The van der Waals surface area contributed by atoms with Gasteiger partial charge in [-0.25, -0.2) is 11.1 Å². The van der Waals surface area contributed by atoms with Crippen LogP contribution < -0.4 is 43.8 Å². The van der Waals surface area contributed by atoms with Crippen molar-refractivity contribution in [1.82, 2.24) is 39.9 Å². The molecule has 4 aromatic carbocycles. The molecule has 5 aliphatic rings. The lowest BCUT2D eigenvalue weighted by atomic mass is 10.0. The molecule has 4 atom stereocenters. The number of piperidine rings is 4. The van der Waals surface area contributed by atoms with Gasteiger partial charge in [-0.05, 0) is 79.4 Å². The van der Waals surface area contributed by atoms with E-state index in [4.69, 9.17) is 22.7 Å². The molecule has 0 radical (unpaired) electrons. The number of carbonyl (C=O) groups excluding carboxylic acids is 9. The van der Waals surface area contributed by atoms with Crippen molar-refractivity contribution in [2.24, 2.45) is 27.1 Å². The number of aromatic hydroxyl groups is 6. The summed E-state index contributed by atoms with van der Waals surface area (Å²) >= 11 is 0. The number of nitrogen functional groups attached to an aromatic ring is 2. The van der Waals surface area contributed by atoms with E-state index in [-0.39, 0.29) is 124 Å². The predicted molar refractivity (Wildman–Crippen MR) is 293 cm³/mol. The van der Waals surface area contributed by atoms with Gasteiger partial charge in [0, 0.05) is 54.1 Å². The predicted octanol–water partition coefficient (Wildman–Crippen LogP) is 3.83. The quantitative estimate of drug-likeness (QED) is 0.0321. The number of nitrogens with two attached hydrogens (primary N) is 2. The fourth-order valence-electron chi connectivity index (χ4n) is 10.8. The lowest BCUT2D eigenvalue weighted by Gasteiger charge is -2.29. The number of benzene rings is 4. The first-order valence-electron chi connectivity index (χ1n) is 25.7. The van der Waals surface area contributed by atoms with Crippen molar-refractivity contribution >= 4 is 114 Å². The van der Waals surface area contributed by atoms with Crippen molar-refractivity contribution in [1.29, 1.82) is 11.1 Å². The number of nitrogens with one attached hydrogen (secondary N) is 8. The van der Waals surface area contributed by atoms with E-state index >= 15 is 0 Å². The molecule has 4 saturated heterocycles. The summed E-state index contributed by atoms with van der Waals surface area (Å²) in [6, 6.07) is 13.9. The zero-order chi connectivity index (χ0) is 61.3. The molecule has 4 fully saturated rings. The Morgan fingerprint density at radius 3 is 1.28 bits per heavy atom. The number of carbonyl (C=O) groups is 9. The Morgan fingerprint density at radius 2 is 0.847 bits per heavy atom. The van der Waals surface area contributed by atoms with Gasteiger partial charge in [0.1, 0.15) is 29.9 Å². The number of amides is 9. The maximum Gasteiger partial charge on any atom is 0.255 e. The van der Waals surface area contributed by atoms with E-state index in [9.17, 15) is 78.7 Å². The molecule has 0 bridgehead atoms. The number of rotatable bonds is 9. The summed E-state index contributed by atoms with van der Waals surface area (Å²) in [5.41, 5.74) is 21.8. The number of fused-ring (bicyclic) bond motifs is 4. The Bertz CT molecular complexity index is 3900. The van der Waals surface area contributed by atoms with Crippen LogP contribution in [0.25, 0.3) is 32.3 Å². The fourth-order valence-corrected chi connectivity index (χ4v) is 10.8. The summed E-state index contributed by atoms with van der Waals surface area (Å²) in [5.74, 6) is 4.70. The van der Waals surface area contributed by atoms with Gasteiger partial charge in [0.25, 0.3) is 5.91 Å². The second-order valence-electron chi connectivity index (χ2n) is 19.6.